The Morgan fingerprint density at radius 2 is 1.65 bits per heavy atom. The number of nitriles is 1. The lowest BCUT2D eigenvalue weighted by Gasteiger charge is -2.42. The molecule has 210 valence electrons. The van der Waals surface area contributed by atoms with Gasteiger partial charge in [-0.2, -0.15) is 13.7 Å². The lowest BCUT2D eigenvalue weighted by Crippen LogP contribution is -2.58. The van der Waals surface area contributed by atoms with Gasteiger partial charge in [-0.3, -0.25) is 14.3 Å². The first kappa shape index (κ1) is 31.6. The van der Waals surface area contributed by atoms with E-state index < -0.39 is 62.0 Å². The maximum atomic E-state index is 12.8. The quantitative estimate of drug-likeness (QED) is 0.364. The highest BCUT2D eigenvalue weighted by atomic mass is 32.2. The molecule has 0 spiro atoms. The summed E-state index contributed by atoms with van der Waals surface area (Å²) in [5, 5.41) is 10.0. The van der Waals surface area contributed by atoms with Gasteiger partial charge in [-0.1, -0.05) is 41.5 Å². The SMILES string of the molecule is CC(C)(C)[Si](C)(C)OC[C@H]1O[C@@H](n2ccc(=O)[nH]c2=O)[C@H](O[Si](C)(C)C(C)(C)C)[C@@]1(C#N)OS(C)(=O)=O. The van der Waals surface area contributed by atoms with Gasteiger partial charge in [0.1, 0.15) is 18.3 Å². The van der Waals surface area contributed by atoms with Crippen LogP contribution in [0.15, 0.2) is 21.9 Å². The van der Waals surface area contributed by atoms with E-state index in [2.05, 4.69) is 4.98 Å². The van der Waals surface area contributed by atoms with Gasteiger partial charge in [-0.05, 0) is 36.3 Å². The van der Waals surface area contributed by atoms with Gasteiger partial charge in [0.25, 0.3) is 15.7 Å². The number of rotatable bonds is 8. The number of hydrogen-bond donors (Lipinski definition) is 1. The highest BCUT2D eigenvalue weighted by Gasteiger charge is 2.64. The molecular formula is C23H41N3O8SSi2. The zero-order valence-electron chi connectivity index (χ0n) is 23.7. The van der Waals surface area contributed by atoms with E-state index in [0.29, 0.717) is 0 Å². The fourth-order valence-corrected chi connectivity index (χ4v) is 6.41. The summed E-state index contributed by atoms with van der Waals surface area (Å²) in [6, 6.07) is 3.17. The van der Waals surface area contributed by atoms with Crippen LogP contribution in [0.25, 0.3) is 0 Å². The Morgan fingerprint density at radius 1 is 1.11 bits per heavy atom. The van der Waals surface area contributed by atoms with Gasteiger partial charge < -0.3 is 13.6 Å². The summed E-state index contributed by atoms with van der Waals surface area (Å²) in [4.78, 5) is 26.7. The molecule has 14 heteroatoms. The smallest absolute Gasteiger partial charge is 0.330 e. The molecule has 11 nitrogen and oxygen atoms in total. The molecule has 2 heterocycles. The van der Waals surface area contributed by atoms with Gasteiger partial charge >= 0.3 is 5.69 Å². The van der Waals surface area contributed by atoms with Crippen LogP contribution in [0.1, 0.15) is 47.8 Å². The first-order chi connectivity index (χ1) is 16.5. The summed E-state index contributed by atoms with van der Waals surface area (Å²) in [6.07, 6.45) is -1.74. The second-order valence-electron chi connectivity index (χ2n) is 12.6. The third-order valence-corrected chi connectivity index (χ3v) is 17.2. The molecule has 0 aliphatic carbocycles. The number of aromatic nitrogens is 2. The normalized spacial score (nSPS) is 25.7. The van der Waals surface area contributed by atoms with Crippen molar-refractivity contribution in [2.75, 3.05) is 12.9 Å². The Hall–Kier alpha value is -1.61. The minimum atomic E-state index is -4.20. The monoisotopic (exact) mass is 575 g/mol. The van der Waals surface area contributed by atoms with Gasteiger partial charge in [-0.25, -0.2) is 8.98 Å². The number of aromatic amines is 1. The van der Waals surface area contributed by atoms with E-state index in [9.17, 15) is 23.3 Å². The number of hydrogen-bond acceptors (Lipinski definition) is 9. The van der Waals surface area contributed by atoms with Crippen molar-refractivity contribution in [3.63, 3.8) is 0 Å². The summed E-state index contributed by atoms with van der Waals surface area (Å²) >= 11 is 0. The Labute approximate surface area is 221 Å². The van der Waals surface area contributed by atoms with Crippen molar-refractivity contribution in [1.29, 1.82) is 5.26 Å². The molecule has 1 fully saturated rings. The van der Waals surface area contributed by atoms with Gasteiger partial charge in [0.2, 0.25) is 5.60 Å². The van der Waals surface area contributed by atoms with Crippen LogP contribution in [0.3, 0.4) is 0 Å². The first-order valence-corrected chi connectivity index (χ1v) is 19.7. The zero-order valence-corrected chi connectivity index (χ0v) is 26.5. The second kappa shape index (κ2) is 10.2. The Balaban J connectivity index is 2.76. The van der Waals surface area contributed by atoms with Crippen molar-refractivity contribution in [1.82, 2.24) is 9.55 Å². The minimum absolute atomic E-state index is 0.161. The van der Waals surface area contributed by atoms with E-state index in [-0.39, 0.29) is 16.7 Å². The molecule has 0 saturated carbocycles. The first-order valence-electron chi connectivity index (χ1n) is 12.1. The predicted molar refractivity (Wildman–Crippen MR) is 145 cm³/mol. The zero-order chi connectivity index (χ0) is 28.8. The lowest BCUT2D eigenvalue weighted by molar-refractivity contribution is -0.0545. The lowest BCUT2D eigenvalue weighted by atomic mass is 9.94. The van der Waals surface area contributed by atoms with Crippen LogP contribution in [0.5, 0.6) is 0 Å². The Kier molecular flexibility index (Phi) is 8.69. The van der Waals surface area contributed by atoms with E-state index in [1.54, 1.807) is 0 Å². The van der Waals surface area contributed by atoms with Crippen molar-refractivity contribution in [2.45, 2.75) is 102 Å². The second-order valence-corrected chi connectivity index (χ2v) is 23.7. The molecule has 0 radical (unpaired) electrons. The van der Waals surface area contributed by atoms with E-state index in [0.717, 1.165) is 16.9 Å². The largest absolute Gasteiger partial charge is 0.414 e. The predicted octanol–water partition coefficient (Wildman–Crippen LogP) is 3.08. The molecule has 2 rings (SSSR count). The van der Waals surface area contributed by atoms with E-state index >= 15 is 0 Å². The number of nitrogens with one attached hydrogen (secondary N) is 1. The maximum Gasteiger partial charge on any atom is 0.330 e. The molecule has 1 saturated heterocycles. The molecule has 1 aliphatic rings. The van der Waals surface area contributed by atoms with Crippen molar-refractivity contribution in [3.05, 3.63) is 33.1 Å². The summed E-state index contributed by atoms with van der Waals surface area (Å²) in [5.41, 5.74) is -3.57. The van der Waals surface area contributed by atoms with Crippen LogP contribution in [0, 0.1) is 11.3 Å². The Morgan fingerprint density at radius 3 is 2.08 bits per heavy atom. The van der Waals surface area contributed by atoms with Crippen molar-refractivity contribution in [3.8, 4) is 6.07 Å². The number of nitrogens with zero attached hydrogens (tertiary/aromatic N) is 2. The highest BCUT2D eigenvalue weighted by Crippen LogP contribution is 2.47. The molecule has 37 heavy (non-hydrogen) atoms. The van der Waals surface area contributed by atoms with E-state index in [1.807, 2.05) is 73.8 Å². The van der Waals surface area contributed by atoms with Gasteiger partial charge in [0.15, 0.2) is 22.9 Å². The average Bonchev–Trinajstić information content (AvgIpc) is 2.96. The summed E-state index contributed by atoms with van der Waals surface area (Å²) < 4.78 is 50.8. The molecule has 4 atom stereocenters. The highest BCUT2D eigenvalue weighted by molar-refractivity contribution is 7.86. The van der Waals surface area contributed by atoms with Crippen LogP contribution in [-0.2, 0) is 27.9 Å². The minimum Gasteiger partial charge on any atom is -0.414 e. The Bertz CT molecular complexity index is 1250. The molecule has 0 unspecified atom stereocenters. The molecule has 1 aliphatic heterocycles. The molecule has 1 N–H and O–H groups in total. The van der Waals surface area contributed by atoms with Crippen molar-refractivity contribution < 1.29 is 26.2 Å². The summed E-state index contributed by atoms with van der Waals surface area (Å²) in [5.74, 6) is 0. The van der Waals surface area contributed by atoms with Crippen LogP contribution in [-0.4, -0.2) is 65.3 Å². The fourth-order valence-electron chi connectivity index (χ4n) is 3.38. The van der Waals surface area contributed by atoms with E-state index in [1.165, 1.54) is 6.20 Å². The van der Waals surface area contributed by atoms with Crippen LogP contribution in [0.2, 0.25) is 36.3 Å². The molecule has 1 aromatic rings. The number of H-pyrrole nitrogens is 1. The van der Waals surface area contributed by atoms with Crippen LogP contribution >= 0.6 is 0 Å². The average molecular weight is 576 g/mol. The number of ether oxygens (including phenoxy) is 1. The maximum absolute atomic E-state index is 12.8. The molecule has 1 aromatic heterocycles. The fraction of sp³-hybridized carbons (Fsp3) is 0.783. The third-order valence-electron chi connectivity index (χ3n) is 7.68. The topological polar surface area (TPSA) is 150 Å². The summed E-state index contributed by atoms with van der Waals surface area (Å²) in [6.45, 7) is 19.8. The summed E-state index contributed by atoms with van der Waals surface area (Å²) in [7, 11) is -9.26. The van der Waals surface area contributed by atoms with Crippen LogP contribution < -0.4 is 11.2 Å². The molecule has 0 aromatic carbocycles. The van der Waals surface area contributed by atoms with Crippen molar-refractivity contribution in [2.24, 2.45) is 0 Å². The molecule has 0 bridgehead atoms. The van der Waals surface area contributed by atoms with Gasteiger partial charge in [-0.15, -0.1) is 0 Å². The van der Waals surface area contributed by atoms with Crippen LogP contribution in [0.4, 0.5) is 0 Å². The van der Waals surface area contributed by atoms with Crippen molar-refractivity contribution >= 4 is 26.8 Å². The van der Waals surface area contributed by atoms with Gasteiger partial charge in [0.05, 0.1) is 12.9 Å². The van der Waals surface area contributed by atoms with E-state index in [4.69, 9.17) is 17.8 Å². The molecular weight excluding hydrogens is 535 g/mol. The van der Waals surface area contributed by atoms with Gasteiger partial charge in [0, 0.05) is 12.3 Å². The standard InChI is InChI=1S/C23H41N3O8SSi2/c1-21(2,3)36(8,9)31-14-16-23(15-24,34-35(7,29)30)18(33-37(10,11)22(4,5)6)19(32-16)26-13-12-17(27)25-20(26)28/h12-13,16,18-19H,14H2,1-11H3,(H,25,27,28)/t16-,18+,19-,23+/m1/s1. The third kappa shape index (κ3) is 6.70. The molecule has 0 amide bonds.